The van der Waals surface area contributed by atoms with Crippen molar-refractivity contribution in [2.45, 2.75) is 20.3 Å². The standard InChI is InChI=1S/C8H15N3/c1-4-5-7(2)6-11-8(9)10-3/h5-6H,4H2,1-3H3,(H2,9,10)/b7-5+,11-6?. The van der Waals surface area contributed by atoms with Crippen LogP contribution in [-0.4, -0.2) is 19.2 Å². The fraction of sp³-hybridized carbons (Fsp3) is 0.500. The monoisotopic (exact) mass is 153 g/mol. The molecule has 0 fully saturated rings. The highest BCUT2D eigenvalue weighted by Crippen LogP contribution is 1.90. The molecular weight excluding hydrogens is 138 g/mol. The largest absolute Gasteiger partial charge is 0.368 e. The highest BCUT2D eigenvalue weighted by atomic mass is 15.0. The van der Waals surface area contributed by atoms with Gasteiger partial charge in [-0.2, -0.15) is 0 Å². The molecule has 0 heterocycles. The summed E-state index contributed by atoms with van der Waals surface area (Å²) in [4.78, 5) is 7.59. The van der Waals surface area contributed by atoms with Gasteiger partial charge in [-0.15, -0.1) is 0 Å². The van der Waals surface area contributed by atoms with Crippen molar-refractivity contribution in [1.29, 1.82) is 0 Å². The summed E-state index contributed by atoms with van der Waals surface area (Å²) in [6, 6.07) is 0. The van der Waals surface area contributed by atoms with Gasteiger partial charge in [0.1, 0.15) is 0 Å². The lowest BCUT2D eigenvalue weighted by Gasteiger charge is -1.89. The van der Waals surface area contributed by atoms with E-state index in [0.717, 1.165) is 12.0 Å². The van der Waals surface area contributed by atoms with Crippen LogP contribution in [0.1, 0.15) is 20.3 Å². The van der Waals surface area contributed by atoms with Crippen molar-refractivity contribution in [3.8, 4) is 0 Å². The van der Waals surface area contributed by atoms with Gasteiger partial charge in [-0.25, -0.2) is 4.99 Å². The molecule has 0 rings (SSSR count). The van der Waals surface area contributed by atoms with Crippen LogP contribution in [0.4, 0.5) is 0 Å². The van der Waals surface area contributed by atoms with E-state index in [-0.39, 0.29) is 0 Å². The quantitative estimate of drug-likeness (QED) is 0.472. The number of guanidine groups is 1. The minimum Gasteiger partial charge on any atom is -0.368 e. The predicted molar refractivity (Wildman–Crippen MR) is 50.1 cm³/mol. The number of hydrogen-bond donors (Lipinski definition) is 1. The van der Waals surface area contributed by atoms with E-state index in [9.17, 15) is 0 Å². The molecule has 0 aromatic carbocycles. The molecule has 0 bridgehead atoms. The van der Waals surface area contributed by atoms with Gasteiger partial charge in [0.15, 0.2) is 0 Å². The highest BCUT2D eigenvalue weighted by Gasteiger charge is 1.82. The molecule has 3 heteroatoms. The summed E-state index contributed by atoms with van der Waals surface area (Å²) in [6.07, 6.45) is 4.80. The molecule has 0 atom stereocenters. The van der Waals surface area contributed by atoms with Gasteiger partial charge in [0, 0.05) is 13.3 Å². The first-order valence-corrected chi connectivity index (χ1v) is 3.63. The van der Waals surface area contributed by atoms with Gasteiger partial charge in [-0.05, 0) is 18.9 Å². The third-order valence-electron chi connectivity index (χ3n) is 1.16. The average molecular weight is 153 g/mol. The highest BCUT2D eigenvalue weighted by molar-refractivity contribution is 5.91. The first-order valence-electron chi connectivity index (χ1n) is 3.63. The Balaban J connectivity index is 4.03. The maximum Gasteiger partial charge on any atom is 0.214 e. The lowest BCUT2D eigenvalue weighted by Crippen LogP contribution is -2.07. The van der Waals surface area contributed by atoms with Crippen molar-refractivity contribution in [1.82, 2.24) is 0 Å². The average Bonchev–Trinajstić information content (AvgIpc) is 2.01. The molecule has 0 aliphatic carbocycles. The smallest absolute Gasteiger partial charge is 0.214 e. The van der Waals surface area contributed by atoms with Crippen molar-refractivity contribution < 1.29 is 0 Å². The molecule has 0 aromatic rings. The Bertz CT molecular complexity index is 190. The minimum absolute atomic E-state index is 0.314. The predicted octanol–water partition coefficient (Wildman–Crippen LogP) is 1.36. The van der Waals surface area contributed by atoms with Gasteiger partial charge < -0.3 is 5.73 Å². The molecule has 0 saturated heterocycles. The number of allylic oxidation sites excluding steroid dienone is 2. The van der Waals surface area contributed by atoms with Gasteiger partial charge in [0.2, 0.25) is 5.96 Å². The SMILES string of the molecule is CC/C=C(\C)C=NC(N)=NC. The zero-order valence-electron chi connectivity index (χ0n) is 7.33. The molecule has 0 aliphatic rings. The molecule has 0 radical (unpaired) electrons. The molecular formula is C8H15N3. The van der Waals surface area contributed by atoms with Crippen molar-refractivity contribution in [3.05, 3.63) is 11.6 Å². The Kier molecular flexibility index (Phi) is 5.07. The van der Waals surface area contributed by atoms with E-state index in [1.54, 1.807) is 13.3 Å². The maximum atomic E-state index is 5.34. The van der Waals surface area contributed by atoms with Crippen LogP contribution in [0.3, 0.4) is 0 Å². The molecule has 0 aliphatic heterocycles. The Morgan fingerprint density at radius 2 is 2.18 bits per heavy atom. The summed E-state index contributed by atoms with van der Waals surface area (Å²) < 4.78 is 0. The summed E-state index contributed by atoms with van der Waals surface area (Å²) in [6.45, 7) is 4.06. The molecule has 3 nitrogen and oxygen atoms in total. The molecule has 62 valence electrons. The van der Waals surface area contributed by atoms with E-state index in [1.165, 1.54) is 0 Å². The molecule has 0 amide bonds. The van der Waals surface area contributed by atoms with Crippen LogP contribution in [0, 0.1) is 0 Å². The summed E-state index contributed by atoms with van der Waals surface area (Å²) >= 11 is 0. The topological polar surface area (TPSA) is 50.7 Å². The van der Waals surface area contributed by atoms with E-state index in [0.29, 0.717) is 5.96 Å². The van der Waals surface area contributed by atoms with Crippen molar-refractivity contribution >= 4 is 12.2 Å². The van der Waals surface area contributed by atoms with E-state index >= 15 is 0 Å². The molecule has 11 heavy (non-hydrogen) atoms. The lowest BCUT2D eigenvalue weighted by atomic mass is 10.3. The number of aliphatic imine (C=N–C) groups is 2. The van der Waals surface area contributed by atoms with Crippen LogP contribution in [0.15, 0.2) is 21.6 Å². The van der Waals surface area contributed by atoms with Crippen LogP contribution in [0.5, 0.6) is 0 Å². The third kappa shape index (κ3) is 5.33. The van der Waals surface area contributed by atoms with Gasteiger partial charge in [-0.1, -0.05) is 13.0 Å². The van der Waals surface area contributed by atoms with E-state index < -0.39 is 0 Å². The Hall–Kier alpha value is -1.12. The van der Waals surface area contributed by atoms with E-state index in [2.05, 4.69) is 23.0 Å². The second-order valence-electron chi connectivity index (χ2n) is 2.20. The minimum atomic E-state index is 0.314. The second kappa shape index (κ2) is 5.65. The van der Waals surface area contributed by atoms with Crippen LogP contribution in [0.2, 0.25) is 0 Å². The fourth-order valence-electron chi connectivity index (χ4n) is 0.600. The maximum absolute atomic E-state index is 5.34. The summed E-state index contributed by atoms with van der Waals surface area (Å²) in [7, 11) is 1.62. The number of nitrogens with zero attached hydrogens (tertiary/aromatic N) is 2. The molecule has 0 saturated carbocycles. The normalized spacial score (nSPS) is 14.5. The van der Waals surface area contributed by atoms with Gasteiger partial charge >= 0.3 is 0 Å². The zero-order chi connectivity index (χ0) is 8.69. The lowest BCUT2D eigenvalue weighted by molar-refractivity contribution is 1.21. The molecule has 0 aromatic heterocycles. The molecule has 0 unspecified atom stereocenters. The van der Waals surface area contributed by atoms with Crippen LogP contribution in [-0.2, 0) is 0 Å². The van der Waals surface area contributed by atoms with E-state index in [1.807, 2.05) is 6.92 Å². The number of nitrogens with two attached hydrogens (primary N) is 1. The second-order valence-corrected chi connectivity index (χ2v) is 2.20. The Morgan fingerprint density at radius 3 is 2.64 bits per heavy atom. The summed E-state index contributed by atoms with van der Waals surface area (Å²) in [5.41, 5.74) is 6.45. The zero-order valence-corrected chi connectivity index (χ0v) is 7.33. The fourth-order valence-corrected chi connectivity index (χ4v) is 0.600. The molecule has 0 spiro atoms. The van der Waals surface area contributed by atoms with Crippen LogP contribution >= 0.6 is 0 Å². The van der Waals surface area contributed by atoms with Crippen LogP contribution in [0.25, 0.3) is 0 Å². The van der Waals surface area contributed by atoms with Crippen molar-refractivity contribution in [2.75, 3.05) is 7.05 Å². The van der Waals surface area contributed by atoms with Gasteiger partial charge in [0.05, 0.1) is 0 Å². The Morgan fingerprint density at radius 1 is 1.55 bits per heavy atom. The molecule has 2 N–H and O–H groups in total. The Labute approximate surface area is 67.7 Å². The van der Waals surface area contributed by atoms with Gasteiger partial charge in [-0.3, -0.25) is 4.99 Å². The van der Waals surface area contributed by atoms with Crippen molar-refractivity contribution in [2.24, 2.45) is 15.7 Å². The first-order chi connectivity index (χ1) is 5.20. The summed E-state index contributed by atoms with van der Waals surface area (Å²) in [5, 5.41) is 0. The van der Waals surface area contributed by atoms with E-state index in [4.69, 9.17) is 5.73 Å². The van der Waals surface area contributed by atoms with Gasteiger partial charge in [0.25, 0.3) is 0 Å². The summed E-state index contributed by atoms with van der Waals surface area (Å²) in [5.74, 6) is 0.314. The number of hydrogen-bond acceptors (Lipinski definition) is 1. The number of rotatable bonds is 2. The van der Waals surface area contributed by atoms with Crippen molar-refractivity contribution in [3.63, 3.8) is 0 Å². The third-order valence-corrected chi connectivity index (χ3v) is 1.16. The first kappa shape index (κ1) is 9.88. The van der Waals surface area contributed by atoms with Crippen LogP contribution < -0.4 is 5.73 Å².